The summed E-state index contributed by atoms with van der Waals surface area (Å²) in [4.78, 5) is 13.3. The standard InChI is InChI=1S/C29H27ClN2O4S/c1-3-22-11-14-24(15-12-22)32(37(34,35)26-16-9-21(2)10-17-26)20-29(33)31-27-19-23(30)13-18-28(27)36-25-7-5-4-6-8-25/h4-19H,3,20H2,1-2H3,(H,31,33). The number of carbonyl (C=O) groups is 1. The van der Waals surface area contributed by atoms with Crippen molar-refractivity contribution in [2.75, 3.05) is 16.2 Å². The number of para-hydroxylation sites is 1. The average molecular weight is 535 g/mol. The number of hydrogen-bond acceptors (Lipinski definition) is 4. The zero-order chi connectivity index (χ0) is 26.4. The predicted molar refractivity (Wildman–Crippen MR) is 148 cm³/mol. The van der Waals surface area contributed by atoms with Crippen LogP contribution in [0.2, 0.25) is 5.02 Å². The van der Waals surface area contributed by atoms with Gasteiger partial charge in [-0.3, -0.25) is 9.10 Å². The zero-order valence-corrected chi connectivity index (χ0v) is 22.1. The zero-order valence-electron chi connectivity index (χ0n) is 20.5. The molecule has 0 bridgehead atoms. The van der Waals surface area contributed by atoms with Crippen LogP contribution in [0, 0.1) is 6.92 Å². The smallest absolute Gasteiger partial charge is 0.264 e. The number of benzene rings is 4. The molecular formula is C29H27ClN2O4S. The Labute approximate surface area is 222 Å². The van der Waals surface area contributed by atoms with Gasteiger partial charge >= 0.3 is 0 Å². The Morgan fingerprint density at radius 3 is 2.24 bits per heavy atom. The van der Waals surface area contributed by atoms with E-state index in [4.69, 9.17) is 16.3 Å². The first kappa shape index (κ1) is 26.3. The van der Waals surface area contributed by atoms with Gasteiger partial charge in [-0.2, -0.15) is 0 Å². The average Bonchev–Trinajstić information content (AvgIpc) is 2.90. The van der Waals surface area contributed by atoms with E-state index in [1.807, 2.05) is 44.2 Å². The molecule has 8 heteroatoms. The Hall–Kier alpha value is -3.81. The molecule has 4 rings (SSSR count). The highest BCUT2D eigenvalue weighted by molar-refractivity contribution is 7.92. The topological polar surface area (TPSA) is 75.7 Å². The van der Waals surface area contributed by atoms with Gasteiger partial charge in [0, 0.05) is 5.02 Å². The van der Waals surface area contributed by atoms with Crippen LogP contribution in [-0.4, -0.2) is 20.9 Å². The third-order valence-electron chi connectivity index (χ3n) is 5.72. The third kappa shape index (κ3) is 6.50. The van der Waals surface area contributed by atoms with E-state index in [0.29, 0.717) is 27.9 Å². The number of halogens is 1. The molecule has 0 heterocycles. The lowest BCUT2D eigenvalue weighted by molar-refractivity contribution is -0.114. The third-order valence-corrected chi connectivity index (χ3v) is 7.74. The maximum atomic E-state index is 13.6. The molecule has 1 N–H and O–H groups in total. The molecule has 0 aromatic heterocycles. The summed E-state index contributed by atoms with van der Waals surface area (Å²) in [6.07, 6.45) is 0.810. The minimum Gasteiger partial charge on any atom is -0.455 e. The lowest BCUT2D eigenvalue weighted by Crippen LogP contribution is -2.38. The fraction of sp³-hybridized carbons (Fsp3) is 0.138. The molecule has 37 heavy (non-hydrogen) atoms. The van der Waals surface area contributed by atoms with Gasteiger partial charge < -0.3 is 10.1 Å². The molecular weight excluding hydrogens is 508 g/mol. The number of sulfonamides is 1. The van der Waals surface area contributed by atoms with E-state index < -0.39 is 22.5 Å². The second-order valence-corrected chi connectivity index (χ2v) is 10.7. The van der Waals surface area contributed by atoms with Crippen molar-refractivity contribution in [1.82, 2.24) is 0 Å². The quantitative estimate of drug-likeness (QED) is 0.255. The van der Waals surface area contributed by atoms with Gasteiger partial charge in [-0.1, -0.05) is 66.6 Å². The van der Waals surface area contributed by atoms with Crippen molar-refractivity contribution < 1.29 is 17.9 Å². The molecule has 6 nitrogen and oxygen atoms in total. The summed E-state index contributed by atoms with van der Waals surface area (Å²) < 4.78 is 34.3. The number of hydrogen-bond donors (Lipinski definition) is 1. The van der Waals surface area contributed by atoms with Crippen LogP contribution in [0.3, 0.4) is 0 Å². The Kier molecular flexibility index (Phi) is 8.16. The number of anilines is 2. The second-order valence-electron chi connectivity index (χ2n) is 8.45. The fourth-order valence-corrected chi connectivity index (χ4v) is 5.27. The number of nitrogens with zero attached hydrogens (tertiary/aromatic N) is 1. The van der Waals surface area contributed by atoms with Crippen molar-refractivity contribution in [3.63, 3.8) is 0 Å². The summed E-state index contributed by atoms with van der Waals surface area (Å²) >= 11 is 6.19. The first-order valence-corrected chi connectivity index (χ1v) is 13.6. The van der Waals surface area contributed by atoms with Gasteiger partial charge in [-0.05, 0) is 73.5 Å². The lowest BCUT2D eigenvalue weighted by Gasteiger charge is -2.24. The molecule has 1 amide bonds. The Morgan fingerprint density at radius 2 is 1.59 bits per heavy atom. The molecule has 0 fully saturated rings. The Morgan fingerprint density at radius 1 is 0.919 bits per heavy atom. The van der Waals surface area contributed by atoms with Crippen LogP contribution in [-0.2, 0) is 21.2 Å². The summed E-state index contributed by atoms with van der Waals surface area (Å²) in [5.74, 6) is 0.416. The monoisotopic (exact) mass is 534 g/mol. The van der Waals surface area contributed by atoms with Crippen LogP contribution < -0.4 is 14.4 Å². The van der Waals surface area contributed by atoms with Crippen LogP contribution in [0.4, 0.5) is 11.4 Å². The number of carbonyl (C=O) groups excluding carboxylic acids is 1. The maximum absolute atomic E-state index is 13.6. The van der Waals surface area contributed by atoms with E-state index in [2.05, 4.69) is 5.32 Å². The van der Waals surface area contributed by atoms with Crippen LogP contribution in [0.25, 0.3) is 0 Å². The fourth-order valence-electron chi connectivity index (χ4n) is 3.67. The van der Waals surface area contributed by atoms with Gasteiger partial charge in [-0.25, -0.2) is 8.42 Å². The molecule has 0 unspecified atom stereocenters. The summed E-state index contributed by atoms with van der Waals surface area (Å²) in [6.45, 7) is 3.45. The van der Waals surface area contributed by atoms with Crippen molar-refractivity contribution in [2.24, 2.45) is 0 Å². The number of nitrogens with one attached hydrogen (secondary N) is 1. The first-order chi connectivity index (χ1) is 17.8. The number of ether oxygens (including phenoxy) is 1. The van der Waals surface area contributed by atoms with Gasteiger partial charge in [0.15, 0.2) is 5.75 Å². The van der Waals surface area contributed by atoms with Crippen molar-refractivity contribution >= 4 is 38.9 Å². The molecule has 0 spiro atoms. The van der Waals surface area contributed by atoms with E-state index in [1.165, 1.54) is 0 Å². The van der Waals surface area contributed by atoms with Gasteiger partial charge in [0.05, 0.1) is 16.3 Å². The highest BCUT2D eigenvalue weighted by atomic mass is 35.5. The number of rotatable bonds is 9. The van der Waals surface area contributed by atoms with Crippen LogP contribution in [0.15, 0.2) is 102 Å². The van der Waals surface area contributed by atoms with Gasteiger partial charge in [0.25, 0.3) is 10.0 Å². The minimum absolute atomic E-state index is 0.0984. The second kappa shape index (κ2) is 11.5. The summed E-state index contributed by atoms with van der Waals surface area (Å²) in [7, 11) is -4.03. The number of aryl methyl sites for hydroxylation is 2. The van der Waals surface area contributed by atoms with Crippen molar-refractivity contribution in [2.45, 2.75) is 25.2 Å². The van der Waals surface area contributed by atoms with Crippen LogP contribution in [0.5, 0.6) is 11.5 Å². The van der Waals surface area contributed by atoms with E-state index in [0.717, 1.165) is 21.9 Å². The largest absolute Gasteiger partial charge is 0.455 e. The molecule has 0 radical (unpaired) electrons. The van der Waals surface area contributed by atoms with Gasteiger partial charge in [0.2, 0.25) is 5.91 Å². The molecule has 4 aromatic rings. The van der Waals surface area contributed by atoms with E-state index in [-0.39, 0.29) is 4.90 Å². The highest BCUT2D eigenvalue weighted by Crippen LogP contribution is 2.32. The minimum atomic E-state index is -4.03. The first-order valence-electron chi connectivity index (χ1n) is 11.8. The predicted octanol–water partition coefficient (Wildman–Crippen LogP) is 6.84. The van der Waals surface area contributed by atoms with Crippen LogP contribution in [0.1, 0.15) is 18.1 Å². The van der Waals surface area contributed by atoms with Gasteiger partial charge in [0.1, 0.15) is 12.3 Å². The summed E-state index contributed by atoms with van der Waals surface area (Å²) in [5, 5.41) is 3.17. The SMILES string of the molecule is CCc1ccc(N(CC(=O)Nc2cc(Cl)ccc2Oc2ccccc2)S(=O)(=O)c2ccc(C)cc2)cc1. The van der Waals surface area contributed by atoms with E-state index in [9.17, 15) is 13.2 Å². The Balaban J connectivity index is 1.64. The summed E-state index contributed by atoms with van der Waals surface area (Å²) in [6, 6.07) is 27.6. The molecule has 0 saturated heterocycles. The molecule has 190 valence electrons. The van der Waals surface area contributed by atoms with Crippen LogP contribution >= 0.6 is 11.6 Å². The van der Waals surface area contributed by atoms with Crippen molar-refractivity contribution in [1.29, 1.82) is 0 Å². The van der Waals surface area contributed by atoms with Crippen molar-refractivity contribution in [3.8, 4) is 11.5 Å². The maximum Gasteiger partial charge on any atom is 0.264 e. The molecule has 0 aliphatic rings. The molecule has 0 atom stereocenters. The molecule has 0 saturated carbocycles. The highest BCUT2D eigenvalue weighted by Gasteiger charge is 2.27. The lowest BCUT2D eigenvalue weighted by atomic mass is 10.1. The van der Waals surface area contributed by atoms with E-state index in [1.54, 1.807) is 66.7 Å². The molecule has 0 aliphatic heterocycles. The normalized spacial score (nSPS) is 11.1. The van der Waals surface area contributed by atoms with Crippen molar-refractivity contribution in [3.05, 3.63) is 113 Å². The Bertz CT molecular complexity index is 1470. The molecule has 4 aromatic carbocycles. The van der Waals surface area contributed by atoms with Gasteiger partial charge in [-0.15, -0.1) is 0 Å². The number of amides is 1. The van der Waals surface area contributed by atoms with E-state index >= 15 is 0 Å². The summed E-state index contributed by atoms with van der Waals surface area (Å²) in [5.41, 5.74) is 2.71. The molecule has 0 aliphatic carbocycles.